The summed E-state index contributed by atoms with van der Waals surface area (Å²) in [6.45, 7) is 4.60. The molecule has 0 bridgehead atoms. The largest absolute Gasteiger partial charge is 0.462 e. The maximum atomic E-state index is 13.1. The van der Waals surface area contributed by atoms with Crippen molar-refractivity contribution in [3.05, 3.63) is 58.4 Å². The van der Waals surface area contributed by atoms with Crippen LogP contribution in [0.25, 0.3) is 0 Å². The quantitative estimate of drug-likeness (QED) is 0.629. The van der Waals surface area contributed by atoms with Crippen LogP contribution in [0.4, 0.5) is 5.69 Å². The summed E-state index contributed by atoms with van der Waals surface area (Å²) in [7, 11) is 3.96. The molecule has 1 aromatic carbocycles. The highest BCUT2D eigenvalue weighted by Crippen LogP contribution is 2.31. The van der Waals surface area contributed by atoms with E-state index in [4.69, 9.17) is 16.3 Å². The van der Waals surface area contributed by atoms with Gasteiger partial charge in [0.15, 0.2) is 0 Å². The van der Waals surface area contributed by atoms with Crippen LogP contribution >= 0.6 is 11.6 Å². The van der Waals surface area contributed by atoms with Crippen molar-refractivity contribution < 1.29 is 14.3 Å². The van der Waals surface area contributed by atoms with E-state index < -0.39 is 0 Å². The van der Waals surface area contributed by atoms with Gasteiger partial charge in [0, 0.05) is 48.6 Å². The second-order valence-electron chi connectivity index (χ2n) is 7.49. The minimum atomic E-state index is -0.378. The first kappa shape index (κ1) is 22.2. The van der Waals surface area contributed by atoms with Crippen molar-refractivity contribution in [1.82, 2.24) is 14.8 Å². The fraction of sp³-hybridized carbons (Fsp3) is 0.409. The van der Waals surface area contributed by atoms with Crippen molar-refractivity contribution in [3.63, 3.8) is 0 Å². The summed E-state index contributed by atoms with van der Waals surface area (Å²) in [5.74, 6) is -0.365. The molecule has 0 unspecified atom stereocenters. The normalized spacial score (nSPS) is 14.6. The van der Waals surface area contributed by atoms with E-state index in [1.54, 1.807) is 25.3 Å². The van der Waals surface area contributed by atoms with Crippen molar-refractivity contribution in [2.24, 2.45) is 0 Å². The number of rotatable bonds is 7. The third-order valence-corrected chi connectivity index (χ3v) is 5.26. The average Bonchev–Trinajstić information content (AvgIpc) is 2.83. The van der Waals surface area contributed by atoms with Crippen LogP contribution in [0.1, 0.15) is 28.5 Å². The summed E-state index contributed by atoms with van der Waals surface area (Å²) >= 11 is 6.51. The van der Waals surface area contributed by atoms with Gasteiger partial charge in [-0.1, -0.05) is 17.7 Å². The number of carbonyl (C=O) groups is 2. The number of anilines is 1. The number of ether oxygens (including phenoxy) is 1. The maximum Gasteiger partial charge on any atom is 0.338 e. The van der Waals surface area contributed by atoms with Gasteiger partial charge in [0.25, 0.3) is 0 Å². The SMILES string of the molecule is CCOC(=O)c1ccnc(CN2CC(=O)N(CCN(C)C)c3cccc(Cl)c3C2)c1. The minimum Gasteiger partial charge on any atom is -0.462 e. The Kier molecular flexibility index (Phi) is 7.42. The first-order valence-electron chi connectivity index (χ1n) is 9.96. The molecule has 1 aliphatic heterocycles. The van der Waals surface area contributed by atoms with Gasteiger partial charge in [-0.3, -0.25) is 14.7 Å². The number of hydrogen-bond donors (Lipinski definition) is 0. The molecule has 0 atom stereocenters. The van der Waals surface area contributed by atoms with E-state index in [1.807, 2.05) is 47.0 Å². The Balaban J connectivity index is 1.85. The molecule has 1 aliphatic rings. The van der Waals surface area contributed by atoms with Gasteiger partial charge in [-0.05, 0) is 45.3 Å². The lowest BCUT2D eigenvalue weighted by molar-refractivity contribution is -0.119. The zero-order valence-corrected chi connectivity index (χ0v) is 18.4. The highest BCUT2D eigenvalue weighted by atomic mass is 35.5. The van der Waals surface area contributed by atoms with Crippen molar-refractivity contribution in [1.29, 1.82) is 0 Å². The molecule has 0 N–H and O–H groups in total. The second kappa shape index (κ2) is 10.0. The Bertz CT molecular complexity index is 919. The summed E-state index contributed by atoms with van der Waals surface area (Å²) in [5.41, 5.74) is 2.92. The number of hydrogen-bond acceptors (Lipinski definition) is 6. The molecular formula is C22H27ClN4O3. The summed E-state index contributed by atoms with van der Waals surface area (Å²) in [6.07, 6.45) is 1.59. The van der Waals surface area contributed by atoms with Crippen LogP contribution in [0.2, 0.25) is 5.02 Å². The summed E-state index contributed by atoms with van der Waals surface area (Å²) < 4.78 is 5.07. The van der Waals surface area contributed by atoms with E-state index in [9.17, 15) is 9.59 Å². The van der Waals surface area contributed by atoms with Crippen LogP contribution in [-0.2, 0) is 22.6 Å². The molecule has 8 heteroatoms. The number of aromatic nitrogens is 1. The first-order valence-corrected chi connectivity index (χ1v) is 10.3. The number of fused-ring (bicyclic) bond motifs is 1. The van der Waals surface area contributed by atoms with Crippen molar-refractivity contribution >= 4 is 29.2 Å². The van der Waals surface area contributed by atoms with Gasteiger partial charge in [0.1, 0.15) is 0 Å². The monoisotopic (exact) mass is 430 g/mol. The van der Waals surface area contributed by atoms with Gasteiger partial charge in [-0.15, -0.1) is 0 Å². The van der Waals surface area contributed by atoms with Crippen LogP contribution in [0.3, 0.4) is 0 Å². The lowest BCUT2D eigenvalue weighted by atomic mass is 10.1. The van der Waals surface area contributed by atoms with E-state index in [0.29, 0.717) is 42.5 Å². The number of carbonyl (C=O) groups excluding carboxylic acids is 2. The standard InChI is InChI=1S/C22H27ClN4O3/c1-4-30-22(29)16-8-9-24-17(12-16)13-26-14-18-19(23)6-5-7-20(18)27(21(28)15-26)11-10-25(2)3/h5-9,12H,4,10-11,13-15H2,1-3H3. The molecule has 160 valence electrons. The zero-order chi connectivity index (χ0) is 21.7. The van der Waals surface area contributed by atoms with Crippen molar-refractivity contribution in [2.45, 2.75) is 20.0 Å². The molecule has 0 saturated carbocycles. The lowest BCUT2D eigenvalue weighted by Gasteiger charge is -2.24. The highest BCUT2D eigenvalue weighted by molar-refractivity contribution is 6.31. The smallest absolute Gasteiger partial charge is 0.338 e. The fourth-order valence-electron chi connectivity index (χ4n) is 3.44. The van der Waals surface area contributed by atoms with Crippen molar-refractivity contribution in [3.8, 4) is 0 Å². The van der Waals surface area contributed by atoms with E-state index >= 15 is 0 Å². The van der Waals surface area contributed by atoms with Crippen LogP contribution in [0, 0.1) is 0 Å². The molecule has 0 fully saturated rings. The van der Waals surface area contributed by atoms with Crippen LogP contribution in [0.5, 0.6) is 0 Å². The number of esters is 1. The van der Waals surface area contributed by atoms with Gasteiger partial charge in [0.05, 0.1) is 24.4 Å². The Morgan fingerprint density at radius 2 is 2.07 bits per heavy atom. The van der Waals surface area contributed by atoms with E-state index in [0.717, 1.165) is 17.8 Å². The summed E-state index contributed by atoms with van der Waals surface area (Å²) in [4.78, 5) is 35.3. The first-order chi connectivity index (χ1) is 14.4. The third kappa shape index (κ3) is 5.36. The Morgan fingerprint density at radius 1 is 1.27 bits per heavy atom. The van der Waals surface area contributed by atoms with Crippen LogP contribution in [0.15, 0.2) is 36.5 Å². The number of likely N-dealkylation sites (N-methyl/N-ethyl adjacent to an activating group) is 1. The van der Waals surface area contributed by atoms with Gasteiger partial charge in [-0.25, -0.2) is 4.79 Å². The van der Waals surface area contributed by atoms with Gasteiger partial charge >= 0.3 is 5.97 Å². The molecular weight excluding hydrogens is 404 g/mol. The number of amides is 1. The van der Waals surface area contributed by atoms with Gasteiger partial charge in [-0.2, -0.15) is 0 Å². The molecule has 2 heterocycles. The van der Waals surface area contributed by atoms with Gasteiger partial charge < -0.3 is 14.5 Å². The fourth-order valence-corrected chi connectivity index (χ4v) is 3.67. The number of nitrogens with zero attached hydrogens (tertiary/aromatic N) is 4. The minimum absolute atomic E-state index is 0.0133. The molecule has 30 heavy (non-hydrogen) atoms. The molecule has 2 aromatic rings. The molecule has 0 radical (unpaired) electrons. The summed E-state index contributed by atoms with van der Waals surface area (Å²) in [6, 6.07) is 9.00. The predicted molar refractivity (Wildman–Crippen MR) is 117 cm³/mol. The number of pyridine rings is 1. The summed E-state index contributed by atoms with van der Waals surface area (Å²) in [5, 5.41) is 0.635. The third-order valence-electron chi connectivity index (χ3n) is 4.91. The maximum absolute atomic E-state index is 13.1. The Hall–Kier alpha value is -2.48. The number of benzene rings is 1. The van der Waals surface area contributed by atoms with E-state index in [1.165, 1.54) is 0 Å². The molecule has 7 nitrogen and oxygen atoms in total. The lowest BCUT2D eigenvalue weighted by Crippen LogP contribution is -2.40. The predicted octanol–water partition coefficient (Wildman–Crippen LogP) is 2.82. The molecule has 1 aromatic heterocycles. The number of halogens is 1. The van der Waals surface area contributed by atoms with Crippen LogP contribution < -0.4 is 4.90 Å². The molecule has 0 spiro atoms. The average molecular weight is 431 g/mol. The van der Waals surface area contributed by atoms with Crippen molar-refractivity contribution in [2.75, 3.05) is 45.2 Å². The Labute approximate surface area is 182 Å². The van der Waals surface area contributed by atoms with E-state index in [-0.39, 0.29) is 18.4 Å². The molecule has 3 rings (SSSR count). The molecule has 0 saturated heterocycles. The van der Waals surface area contributed by atoms with Gasteiger partial charge in [0.2, 0.25) is 5.91 Å². The zero-order valence-electron chi connectivity index (χ0n) is 17.6. The topological polar surface area (TPSA) is 66.0 Å². The molecule has 0 aliphatic carbocycles. The molecule has 1 amide bonds. The Morgan fingerprint density at radius 3 is 2.80 bits per heavy atom. The van der Waals surface area contributed by atoms with E-state index in [2.05, 4.69) is 4.98 Å². The second-order valence-corrected chi connectivity index (χ2v) is 7.89. The van der Waals surface area contributed by atoms with Crippen LogP contribution in [-0.4, -0.2) is 67.0 Å². The highest BCUT2D eigenvalue weighted by Gasteiger charge is 2.28.